The molecule has 3 aromatic rings. The molecule has 0 bridgehead atoms. The lowest BCUT2D eigenvalue weighted by atomic mass is 10.1. The van der Waals surface area contributed by atoms with E-state index in [1.54, 1.807) is 0 Å². The Morgan fingerprint density at radius 3 is 2.32 bits per heavy atom. The molecule has 0 amide bonds. The molecule has 0 unspecified atom stereocenters. The molecule has 0 atom stereocenters. The van der Waals surface area contributed by atoms with E-state index in [1.165, 1.54) is 0 Å². The first-order valence-corrected chi connectivity index (χ1v) is 10.9. The van der Waals surface area contributed by atoms with Crippen LogP contribution in [0.25, 0.3) is 0 Å². The average Bonchev–Trinajstić information content (AvgIpc) is 2.78. The summed E-state index contributed by atoms with van der Waals surface area (Å²) < 4.78 is 1.84. The Kier molecular flexibility index (Phi) is 6.49. The van der Waals surface area contributed by atoms with Crippen molar-refractivity contribution in [2.75, 3.05) is 38.8 Å². The molecule has 0 saturated carbocycles. The summed E-state index contributed by atoms with van der Waals surface area (Å²) in [5.41, 5.74) is 3.82. The van der Waals surface area contributed by atoms with E-state index in [-0.39, 0.29) is 5.56 Å². The third-order valence-corrected chi connectivity index (χ3v) is 5.74. The van der Waals surface area contributed by atoms with Crippen molar-refractivity contribution in [3.8, 4) is 0 Å². The van der Waals surface area contributed by atoms with Gasteiger partial charge in [-0.15, -0.1) is 0 Å². The number of rotatable bonds is 7. The van der Waals surface area contributed by atoms with Crippen LogP contribution >= 0.6 is 0 Å². The van der Waals surface area contributed by atoms with Gasteiger partial charge >= 0.3 is 0 Å². The van der Waals surface area contributed by atoms with E-state index in [0.717, 1.165) is 54.6 Å². The van der Waals surface area contributed by atoms with Crippen LogP contribution in [-0.4, -0.2) is 53.2 Å². The molecule has 0 aliphatic carbocycles. The highest BCUT2D eigenvalue weighted by molar-refractivity contribution is 5.58. The maximum absolute atomic E-state index is 13.6. The van der Waals surface area contributed by atoms with Gasteiger partial charge in [-0.1, -0.05) is 48.5 Å². The number of benzene rings is 2. The lowest BCUT2D eigenvalue weighted by molar-refractivity contribution is 0.189. The average molecular weight is 418 g/mol. The van der Waals surface area contributed by atoms with Crippen molar-refractivity contribution in [3.63, 3.8) is 0 Å². The molecule has 1 aliphatic rings. The molecular formula is C25H31N5O. The summed E-state index contributed by atoms with van der Waals surface area (Å²) >= 11 is 0. The van der Waals surface area contributed by atoms with E-state index < -0.39 is 0 Å². The number of aromatic nitrogens is 2. The predicted molar refractivity (Wildman–Crippen MR) is 126 cm³/mol. The second kappa shape index (κ2) is 9.45. The smallest absolute Gasteiger partial charge is 0.259 e. The number of hydrogen-bond acceptors (Lipinski definition) is 5. The Hall–Kier alpha value is -2.96. The molecule has 6 heteroatoms. The second-order valence-electron chi connectivity index (χ2n) is 8.47. The van der Waals surface area contributed by atoms with Gasteiger partial charge in [0.2, 0.25) is 5.95 Å². The summed E-state index contributed by atoms with van der Waals surface area (Å²) in [4.78, 5) is 25.2. The van der Waals surface area contributed by atoms with E-state index in [1.807, 2.05) is 47.9 Å². The fourth-order valence-electron chi connectivity index (χ4n) is 4.09. The van der Waals surface area contributed by atoms with Crippen molar-refractivity contribution >= 4 is 11.6 Å². The van der Waals surface area contributed by atoms with Crippen molar-refractivity contribution in [1.29, 1.82) is 0 Å². The van der Waals surface area contributed by atoms with E-state index in [2.05, 4.69) is 53.1 Å². The van der Waals surface area contributed by atoms with Gasteiger partial charge in [0.25, 0.3) is 5.56 Å². The zero-order valence-electron chi connectivity index (χ0n) is 18.7. The summed E-state index contributed by atoms with van der Waals surface area (Å²) in [7, 11) is 4.18. The molecule has 0 N–H and O–H groups in total. The minimum Gasteiger partial charge on any atom is -0.309 e. The van der Waals surface area contributed by atoms with Crippen LogP contribution in [0.1, 0.15) is 23.2 Å². The molecule has 4 rings (SSSR count). The van der Waals surface area contributed by atoms with Crippen LogP contribution in [0.5, 0.6) is 0 Å². The van der Waals surface area contributed by atoms with Gasteiger partial charge in [0, 0.05) is 24.2 Å². The van der Waals surface area contributed by atoms with Gasteiger partial charge in [-0.25, -0.2) is 4.98 Å². The molecule has 2 heterocycles. The Morgan fingerprint density at radius 1 is 0.968 bits per heavy atom. The Balaban J connectivity index is 1.71. The van der Waals surface area contributed by atoms with Crippen LogP contribution < -0.4 is 10.5 Å². The molecule has 0 saturated heterocycles. The van der Waals surface area contributed by atoms with Crippen molar-refractivity contribution in [3.05, 3.63) is 87.8 Å². The number of fused-ring (bicyclic) bond motifs is 1. The number of anilines is 2. The number of hydrogen-bond donors (Lipinski definition) is 0. The molecule has 31 heavy (non-hydrogen) atoms. The van der Waals surface area contributed by atoms with Gasteiger partial charge < -0.3 is 4.90 Å². The first-order chi connectivity index (χ1) is 15.0. The van der Waals surface area contributed by atoms with Gasteiger partial charge in [-0.2, -0.15) is 0 Å². The molecule has 0 radical (unpaired) electrons. The highest BCUT2D eigenvalue weighted by Gasteiger charge is 2.27. The maximum atomic E-state index is 13.6. The van der Waals surface area contributed by atoms with Crippen molar-refractivity contribution in [1.82, 2.24) is 19.4 Å². The fourth-order valence-corrected chi connectivity index (χ4v) is 4.09. The monoisotopic (exact) mass is 417 g/mol. The summed E-state index contributed by atoms with van der Waals surface area (Å²) in [6.07, 6.45) is 1.65. The standard InChI is InChI=1S/C25H31N5O/c1-20-23(17-21-11-6-4-7-12-21)24(31)30-19-28(16-10-15-27(2)3)18-29(25(30)26-20)22-13-8-5-9-14-22/h4-9,11-14H,10,15-19H2,1-3H3. The van der Waals surface area contributed by atoms with Gasteiger partial charge in [0.1, 0.15) is 0 Å². The summed E-state index contributed by atoms with van der Waals surface area (Å²) in [6, 6.07) is 20.4. The summed E-state index contributed by atoms with van der Waals surface area (Å²) in [5, 5.41) is 0. The third kappa shape index (κ3) is 4.86. The van der Waals surface area contributed by atoms with Gasteiger partial charge in [0.05, 0.1) is 19.0 Å². The molecule has 2 aromatic carbocycles. The molecular weight excluding hydrogens is 386 g/mol. The highest BCUT2D eigenvalue weighted by atomic mass is 16.1. The van der Waals surface area contributed by atoms with Crippen molar-refractivity contribution in [2.24, 2.45) is 0 Å². The van der Waals surface area contributed by atoms with Crippen LogP contribution in [0.4, 0.5) is 11.6 Å². The van der Waals surface area contributed by atoms with Gasteiger partial charge in [-0.3, -0.25) is 19.2 Å². The van der Waals surface area contributed by atoms with Crippen molar-refractivity contribution in [2.45, 2.75) is 26.4 Å². The third-order valence-electron chi connectivity index (χ3n) is 5.74. The minimum absolute atomic E-state index is 0.0598. The van der Waals surface area contributed by atoms with Crippen LogP contribution in [0, 0.1) is 6.92 Å². The number of aryl methyl sites for hydroxylation is 1. The fraction of sp³-hybridized carbons (Fsp3) is 0.360. The van der Waals surface area contributed by atoms with E-state index >= 15 is 0 Å². The maximum Gasteiger partial charge on any atom is 0.259 e. The first-order valence-electron chi connectivity index (χ1n) is 10.9. The first kappa shape index (κ1) is 21.3. The number of para-hydroxylation sites is 1. The SMILES string of the molecule is Cc1nc2n(c(=O)c1Cc1ccccc1)CN(CCCN(C)C)CN2c1ccccc1. The van der Waals surface area contributed by atoms with Crippen LogP contribution in [0.15, 0.2) is 65.5 Å². The molecule has 0 spiro atoms. The number of nitrogens with zero attached hydrogens (tertiary/aromatic N) is 5. The topological polar surface area (TPSA) is 44.6 Å². The molecule has 6 nitrogen and oxygen atoms in total. The lowest BCUT2D eigenvalue weighted by Gasteiger charge is -2.38. The van der Waals surface area contributed by atoms with Crippen LogP contribution in [0.2, 0.25) is 0 Å². The lowest BCUT2D eigenvalue weighted by Crippen LogP contribution is -2.48. The Morgan fingerprint density at radius 2 is 1.65 bits per heavy atom. The van der Waals surface area contributed by atoms with E-state index in [0.29, 0.717) is 13.1 Å². The summed E-state index contributed by atoms with van der Waals surface area (Å²) in [5.74, 6) is 0.731. The minimum atomic E-state index is 0.0598. The normalized spacial score (nSPS) is 14.1. The second-order valence-corrected chi connectivity index (χ2v) is 8.47. The quantitative estimate of drug-likeness (QED) is 0.589. The summed E-state index contributed by atoms with van der Waals surface area (Å²) in [6.45, 7) is 5.19. The Labute approximate surface area is 184 Å². The predicted octanol–water partition coefficient (Wildman–Crippen LogP) is 3.46. The van der Waals surface area contributed by atoms with Gasteiger partial charge in [0.15, 0.2) is 0 Å². The van der Waals surface area contributed by atoms with Crippen molar-refractivity contribution < 1.29 is 0 Å². The molecule has 162 valence electrons. The molecule has 0 fully saturated rings. The van der Waals surface area contributed by atoms with E-state index in [9.17, 15) is 4.79 Å². The van der Waals surface area contributed by atoms with Gasteiger partial charge in [-0.05, 0) is 51.7 Å². The Bertz CT molecular complexity index is 1060. The molecule has 1 aliphatic heterocycles. The van der Waals surface area contributed by atoms with Crippen LogP contribution in [-0.2, 0) is 13.1 Å². The van der Waals surface area contributed by atoms with E-state index in [4.69, 9.17) is 4.98 Å². The van der Waals surface area contributed by atoms with Crippen LogP contribution in [0.3, 0.4) is 0 Å². The highest BCUT2D eigenvalue weighted by Crippen LogP contribution is 2.27. The largest absolute Gasteiger partial charge is 0.309 e. The molecule has 1 aromatic heterocycles. The zero-order chi connectivity index (χ0) is 21.8. The zero-order valence-corrected chi connectivity index (χ0v) is 18.7.